The summed E-state index contributed by atoms with van der Waals surface area (Å²) >= 11 is 0. The van der Waals surface area contributed by atoms with Crippen molar-refractivity contribution in [3.05, 3.63) is 59.4 Å². The van der Waals surface area contributed by atoms with E-state index in [1.54, 1.807) is 12.1 Å². The molecule has 5 heteroatoms. The maximum Gasteiger partial charge on any atom is 0.337 e. The molecule has 0 saturated carbocycles. The monoisotopic (exact) mass is 274 g/mol. The van der Waals surface area contributed by atoms with Crippen LogP contribution in [0, 0.1) is 5.82 Å². The summed E-state index contributed by atoms with van der Waals surface area (Å²) in [6, 6.07) is 9.84. The molecule has 4 nitrogen and oxygen atoms in total. The first kappa shape index (κ1) is 13.7. The molecule has 20 heavy (non-hydrogen) atoms. The summed E-state index contributed by atoms with van der Waals surface area (Å²) in [5, 5.41) is 0. The number of esters is 1. The Bertz CT molecular complexity index is 635. The van der Waals surface area contributed by atoms with E-state index in [-0.39, 0.29) is 11.3 Å². The van der Waals surface area contributed by atoms with Crippen LogP contribution < -0.4 is 4.74 Å². The maximum atomic E-state index is 13.0. The third kappa shape index (κ3) is 3.00. The molecule has 0 saturated heterocycles. The SMILES string of the molecule is COC(=O)c1ccc(Oc2ccc(F)cc2C=O)cc1. The van der Waals surface area contributed by atoms with Crippen molar-refractivity contribution in [3.8, 4) is 11.5 Å². The molecule has 0 aromatic heterocycles. The summed E-state index contributed by atoms with van der Waals surface area (Å²) in [4.78, 5) is 22.1. The highest BCUT2D eigenvalue weighted by molar-refractivity contribution is 5.89. The number of hydrogen-bond acceptors (Lipinski definition) is 4. The second-order valence-corrected chi connectivity index (χ2v) is 3.92. The summed E-state index contributed by atoms with van der Waals surface area (Å²) in [6.45, 7) is 0. The number of halogens is 1. The standard InChI is InChI=1S/C15H11FO4/c1-19-15(18)10-2-5-13(6-3-10)20-14-7-4-12(16)8-11(14)9-17/h2-9H,1H3. The molecule has 0 amide bonds. The number of benzene rings is 2. The van der Waals surface area contributed by atoms with E-state index in [9.17, 15) is 14.0 Å². The third-order valence-corrected chi connectivity index (χ3v) is 2.60. The summed E-state index contributed by atoms with van der Waals surface area (Å²) in [7, 11) is 1.29. The Labute approximate surface area is 114 Å². The van der Waals surface area contributed by atoms with Crippen LogP contribution in [-0.4, -0.2) is 19.4 Å². The number of methoxy groups -OCH3 is 1. The van der Waals surface area contributed by atoms with Crippen LogP contribution in [0.25, 0.3) is 0 Å². The average molecular weight is 274 g/mol. The van der Waals surface area contributed by atoms with Crippen LogP contribution in [0.4, 0.5) is 4.39 Å². The molecule has 0 spiro atoms. The Morgan fingerprint density at radius 3 is 2.45 bits per heavy atom. The zero-order valence-corrected chi connectivity index (χ0v) is 10.6. The zero-order valence-electron chi connectivity index (χ0n) is 10.6. The largest absolute Gasteiger partial charge is 0.465 e. The number of aldehydes is 1. The predicted molar refractivity (Wildman–Crippen MR) is 69.6 cm³/mol. The van der Waals surface area contributed by atoms with Crippen LogP contribution in [0.3, 0.4) is 0 Å². The lowest BCUT2D eigenvalue weighted by Gasteiger charge is -2.08. The highest BCUT2D eigenvalue weighted by Crippen LogP contribution is 2.25. The topological polar surface area (TPSA) is 52.6 Å². The van der Waals surface area contributed by atoms with Gasteiger partial charge in [0.15, 0.2) is 6.29 Å². The van der Waals surface area contributed by atoms with Gasteiger partial charge in [0, 0.05) is 0 Å². The Hall–Kier alpha value is -2.69. The Morgan fingerprint density at radius 2 is 1.85 bits per heavy atom. The van der Waals surface area contributed by atoms with E-state index in [2.05, 4.69) is 4.74 Å². The van der Waals surface area contributed by atoms with Crippen molar-refractivity contribution in [1.82, 2.24) is 0 Å². The lowest BCUT2D eigenvalue weighted by molar-refractivity contribution is 0.0600. The fourth-order valence-electron chi connectivity index (χ4n) is 1.61. The molecule has 0 unspecified atom stereocenters. The first-order chi connectivity index (χ1) is 9.63. The molecule has 2 aromatic rings. The summed E-state index contributed by atoms with van der Waals surface area (Å²) in [5.74, 6) is -0.299. The molecule has 0 aliphatic heterocycles. The van der Waals surface area contributed by atoms with Crippen molar-refractivity contribution in [1.29, 1.82) is 0 Å². The van der Waals surface area contributed by atoms with Crippen molar-refractivity contribution in [2.75, 3.05) is 7.11 Å². The molecular weight excluding hydrogens is 263 g/mol. The van der Waals surface area contributed by atoms with Crippen LogP contribution in [-0.2, 0) is 4.74 Å². The van der Waals surface area contributed by atoms with Gasteiger partial charge < -0.3 is 9.47 Å². The summed E-state index contributed by atoms with van der Waals surface area (Å²) < 4.78 is 23.0. The van der Waals surface area contributed by atoms with E-state index < -0.39 is 11.8 Å². The molecule has 0 aliphatic carbocycles. The lowest BCUT2D eigenvalue weighted by atomic mass is 10.2. The molecule has 0 bridgehead atoms. The molecule has 2 rings (SSSR count). The van der Waals surface area contributed by atoms with Crippen LogP contribution in [0.2, 0.25) is 0 Å². The van der Waals surface area contributed by atoms with Gasteiger partial charge in [-0.25, -0.2) is 9.18 Å². The molecule has 2 aromatic carbocycles. The molecule has 0 heterocycles. The molecule has 0 fully saturated rings. The minimum Gasteiger partial charge on any atom is -0.465 e. The normalized spacial score (nSPS) is 9.90. The summed E-state index contributed by atoms with van der Waals surface area (Å²) in [5.41, 5.74) is 0.497. The van der Waals surface area contributed by atoms with Gasteiger partial charge in [0.05, 0.1) is 18.2 Å². The molecule has 0 atom stereocenters. The number of ether oxygens (including phenoxy) is 2. The van der Waals surface area contributed by atoms with Gasteiger partial charge in [-0.1, -0.05) is 0 Å². The second-order valence-electron chi connectivity index (χ2n) is 3.92. The quantitative estimate of drug-likeness (QED) is 0.634. The minimum absolute atomic E-state index is 0.113. The van der Waals surface area contributed by atoms with Crippen molar-refractivity contribution in [2.24, 2.45) is 0 Å². The molecular formula is C15H11FO4. The molecule has 0 radical (unpaired) electrons. The molecule has 0 N–H and O–H groups in total. The van der Waals surface area contributed by atoms with E-state index in [1.165, 1.54) is 31.4 Å². The fourth-order valence-corrected chi connectivity index (χ4v) is 1.61. The molecule has 102 valence electrons. The maximum absolute atomic E-state index is 13.0. The van der Waals surface area contributed by atoms with Crippen molar-refractivity contribution < 1.29 is 23.5 Å². The zero-order chi connectivity index (χ0) is 14.5. The van der Waals surface area contributed by atoms with E-state index in [0.717, 1.165) is 6.07 Å². The Balaban J connectivity index is 2.22. The number of hydrogen-bond donors (Lipinski definition) is 0. The van der Waals surface area contributed by atoms with Crippen LogP contribution in [0.1, 0.15) is 20.7 Å². The van der Waals surface area contributed by atoms with Gasteiger partial charge in [-0.15, -0.1) is 0 Å². The number of rotatable bonds is 4. The minimum atomic E-state index is -0.513. The van der Waals surface area contributed by atoms with Gasteiger partial charge in [-0.05, 0) is 42.5 Å². The number of carbonyl (C=O) groups is 2. The van der Waals surface area contributed by atoms with Gasteiger partial charge in [0.25, 0.3) is 0 Å². The third-order valence-electron chi connectivity index (χ3n) is 2.60. The predicted octanol–water partition coefficient (Wildman–Crippen LogP) is 3.22. The van der Waals surface area contributed by atoms with Crippen LogP contribution in [0.15, 0.2) is 42.5 Å². The number of carbonyl (C=O) groups excluding carboxylic acids is 2. The van der Waals surface area contributed by atoms with Crippen LogP contribution in [0.5, 0.6) is 11.5 Å². The average Bonchev–Trinajstić information content (AvgIpc) is 2.49. The first-order valence-electron chi connectivity index (χ1n) is 5.75. The van der Waals surface area contributed by atoms with Crippen molar-refractivity contribution in [3.63, 3.8) is 0 Å². The first-order valence-corrected chi connectivity index (χ1v) is 5.75. The van der Waals surface area contributed by atoms with E-state index >= 15 is 0 Å². The highest BCUT2D eigenvalue weighted by atomic mass is 19.1. The van der Waals surface area contributed by atoms with E-state index in [4.69, 9.17) is 4.74 Å². The second kappa shape index (κ2) is 5.97. The van der Waals surface area contributed by atoms with Crippen LogP contribution >= 0.6 is 0 Å². The molecule has 0 aliphatic rings. The van der Waals surface area contributed by atoms with E-state index in [1.807, 2.05) is 0 Å². The Morgan fingerprint density at radius 1 is 1.15 bits per heavy atom. The van der Waals surface area contributed by atoms with Crippen molar-refractivity contribution >= 4 is 12.3 Å². The fraction of sp³-hybridized carbons (Fsp3) is 0.0667. The smallest absolute Gasteiger partial charge is 0.337 e. The highest BCUT2D eigenvalue weighted by Gasteiger charge is 2.08. The lowest BCUT2D eigenvalue weighted by Crippen LogP contribution is -2.00. The van der Waals surface area contributed by atoms with Gasteiger partial charge >= 0.3 is 5.97 Å². The van der Waals surface area contributed by atoms with Gasteiger partial charge in [-0.3, -0.25) is 4.79 Å². The van der Waals surface area contributed by atoms with Gasteiger partial charge in [0.2, 0.25) is 0 Å². The Kier molecular flexibility index (Phi) is 4.10. The van der Waals surface area contributed by atoms with Gasteiger partial charge in [0.1, 0.15) is 17.3 Å². The van der Waals surface area contributed by atoms with E-state index in [0.29, 0.717) is 17.6 Å². The summed E-state index contributed by atoms with van der Waals surface area (Å²) in [6.07, 6.45) is 0.515. The van der Waals surface area contributed by atoms with Crippen molar-refractivity contribution in [2.45, 2.75) is 0 Å². The van der Waals surface area contributed by atoms with Gasteiger partial charge in [-0.2, -0.15) is 0 Å².